The zero-order valence-corrected chi connectivity index (χ0v) is 11.6. The number of carbonyl (C=O) groups excluding carboxylic acids is 1. The fourth-order valence-electron chi connectivity index (χ4n) is 2.20. The average molecular weight is 287 g/mol. The minimum Gasteiger partial charge on any atom is -0.355 e. The van der Waals surface area contributed by atoms with Gasteiger partial charge in [-0.1, -0.05) is 12.1 Å². The van der Waals surface area contributed by atoms with E-state index in [1.807, 2.05) is 0 Å². The topological polar surface area (TPSA) is 41.1 Å². The van der Waals surface area contributed by atoms with E-state index in [1.54, 1.807) is 12.1 Å². The number of amides is 1. The van der Waals surface area contributed by atoms with Crippen molar-refractivity contribution < 1.29 is 9.18 Å². The smallest absolute Gasteiger partial charge is 0.224 e. The molecule has 0 radical (unpaired) electrons. The molecule has 1 saturated heterocycles. The van der Waals surface area contributed by atoms with E-state index in [9.17, 15) is 9.18 Å². The van der Waals surface area contributed by atoms with Gasteiger partial charge in [0, 0.05) is 13.1 Å². The third kappa shape index (κ3) is 5.17. The largest absolute Gasteiger partial charge is 0.355 e. The summed E-state index contributed by atoms with van der Waals surface area (Å²) in [6.07, 6.45) is 2.78. The zero-order valence-electron chi connectivity index (χ0n) is 10.8. The number of piperidine rings is 1. The third-order valence-electron chi connectivity index (χ3n) is 3.29. The van der Waals surface area contributed by atoms with E-state index in [0.29, 0.717) is 6.54 Å². The number of nitrogens with one attached hydrogen (secondary N) is 2. The number of hydrogen-bond acceptors (Lipinski definition) is 2. The van der Waals surface area contributed by atoms with Crippen LogP contribution in [0.1, 0.15) is 18.4 Å². The first-order valence-electron chi connectivity index (χ1n) is 6.48. The molecule has 3 nitrogen and oxygen atoms in total. The Bertz CT molecular complexity index is 391. The minimum atomic E-state index is -0.226. The molecule has 0 aliphatic carbocycles. The fraction of sp³-hybridized carbons (Fsp3) is 0.500. The molecule has 19 heavy (non-hydrogen) atoms. The Morgan fingerprint density at radius 3 is 2.74 bits per heavy atom. The Hall–Kier alpha value is -1.13. The van der Waals surface area contributed by atoms with Gasteiger partial charge in [-0.3, -0.25) is 4.79 Å². The summed E-state index contributed by atoms with van der Waals surface area (Å²) >= 11 is 0. The normalized spacial score (nSPS) is 18.5. The lowest BCUT2D eigenvalue weighted by atomic mass is 9.99. The average Bonchev–Trinajstić information content (AvgIpc) is 2.42. The third-order valence-corrected chi connectivity index (χ3v) is 3.29. The van der Waals surface area contributed by atoms with Crippen molar-refractivity contribution in [2.75, 3.05) is 19.6 Å². The summed E-state index contributed by atoms with van der Waals surface area (Å²) in [4.78, 5) is 11.8. The first-order valence-corrected chi connectivity index (χ1v) is 6.48. The molecule has 0 bridgehead atoms. The molecule has 5 heteroatoms. The van der Waals surface area contributed by atoms with Crippen molar-refractivity contribution in [1.82, 2.24) is 10.6 Å². The summed E-state index contributed by atoms with van der Waals surface area (Å²) in [6.45, 7) is 2.41. The Kier molecular flexibility index (Phi) is 6.81. The van der Waals surface area contributed by atoms with Crippen LogP contribution < -0.4 is 10.6 Å². The first kappa shape index (κ1) is 15.9. The predicted octanol–water partition coefficient (Wildman–Crippen LogP) is 1.91. The molecule has 1 atom stereocenters. The Morgan fingerprint density at radius 2 is 2.11 bits per heavy atom. The lowest BCUT2D eigenvalue weighted by molar-refractivity contribution is -0.125. The van der Waals surface area contributed by atoms with E-state index in [0.717, 1.165) is 37.9 Å². The molecule has 1 aliphatic rings. The lowest BCUT2D eigenvalue weighted by Gasteiger charge is -2.21. The number of halogens is 2. The second-order valence-electron chi connectivity index (χ2n) is 4.71. The van der Waals surface area contributed by atoms with Crippen LogP contribution in [0.25, 0.3) is 0 Å². The zero-order chi connectivity index (χ0) is 12.8. The highest BCUT2D eigenvalue weighted by Gasteiger charge is 2.19. The maximum absolute atomic E-state index is 12.7. The first-order chi connectivity index (χ1) is 8.75. The highest BCUT2D eigenvalue weighted by atomic mass is 35.5. The molecule has 1 amide bonds. The van der Waals surface area contributed by atoms with Gasteiger partial charge in [-0.2, -0.15) is 0 Å². The highest BCUT2D eigenvalue weighted by molar-refractivity contribution is 5.85. The van der Waals surface area contributed by atoms with Crippen LogP contribution in [0.15, 0.2) is 24.3 Å². The van der Waals surface area contributed by atoms with Crippen molar-refractivity contribution in [3.63, 3.8) is 0 Å². The molecule has 2 N–H and O–H groups in total. The van der Waals surface area contributed by atoms with Gasteiger partial charge in [0.1, 0.15) is 5.82 Å². The maximum Gasteiger partial charge on any atom is 0.224 e. The van der Waals surface area contributed by atoms with E-state index in [-0.39, 0.29) is 30.0 Å². The molecule has 1 aromatic rings. The number of carbonyl (C=O) groups is 1. The molecule has 1 fully saturated rings. The van der Waals surface area contributed by atoms with Crippen molar-refractivity contribution >= 4 is 18.3 Å². The van der Waals surface area contributed by atoms with Crippen LogP contribution >= 0.6 is 12.4 Å². The Morgan fingerprint density at radius 1 is 1.37 bits per heavy atom. The number of rotatable bonds is 4. The highest BCUT2D eigenvalue weighted by Crippen LogP contribution is 2.09. The summed E-state index contributed by atoms with van der Waals surface area (Å²) in [6, 6.07) is 6.40. The number of benzene rings is 1. The summed E-state index contributed by atoms with van der Waals surface area (Å²) in [5, 5.41) is 6.17. The molecule has 0 unspecified atom stereocenters. The molecule has 0 spiro atoms. The van der Waals surface area contributed by atoms with Crippen molar-refractivity contribution in [2.24, 2.45) is 5.92 Å². The SMILES string of the molecule is Cl.O=C(NCCc1ccc(F)cc1)[C@@H]1CCCNC1. The van der Waals surface area contributed by atoms with Crippen LogP contribution in [0, 0.1) is 11.7 Å². The molecular formula is C14H20ClFN2O. The second-order valence-corrected chi connectivity index (χ2v) is 4.71. The van der Waals surface area contributed by atoms with Crippen molar-refractivity contribution in [3.8, 4) is 0 Å². The Balaban J connectivity index is 0.00000180. The van der Waals surface area contributed by atoms with Crippen LogP contribution in [0.2, 0.25) is 0 Å². The number of hydrogen-bond donors (Lipinski definition) is 2. The molecule has 2 rings (SSSR count). The van der Waals surface area contributed by atoms with Gasteiger partial charge in [0.05, 0.1) is 5.92 Å². The van der Waals surface area contributed by atoms with Gasteiger partial charge in [-0.15, -0.1) is 12.4 Å². The molecule has 1 aliphatic heterocycles. The van der Waals surface area contributed by atoms with Crippen molar-refractivity contribution in [2.45, 2.75) is 19.3 Å². The van der Waals surface area contributed by atoms with E-state index >= 15 is 0 Å². The second kappa shape index (κ2) is 8.12. The summed E-state index contributed by atoms with van der Waals surface area (Å²) in [5.74, 6) is 0.00680. The monoisotopic (exact) mass is 286 g/mol. The molecule has 0 saturated carbocycles. The fourth-order valence-corrected chi connectivity index (χ4v) is 2.20. The van der Waals surface area contributed by atoms with Gasteiger partial charge in [0.25, 0.3) is 0 Å². The van der Waals surface area contributed by atoms with Crippen LogP contribution in [0.5, 0.6) is 0 Å². The molecule has 0 aromatic heterocycles. The van der Waals surface area contributed by atoms with Crippen LogP contribution in [0.4, 0.5) is 4.39 Å². The van der Waals surface area contributed by atoms with E-state index in [4.69, 9.17) is 0 Å². The molecule has 1 heterocycles. The van der Waals surface area contributed by atoms with Crippen molar-refractivity contribution in [1.29, 1.82) is 0 Å². The quantitative estimate of drug-likeness (QED) is 0.888. The lowest BCUT2D eigenvalue weighted by Crippen LogP contribution is -2.41. The van der Waals surface area contributed by atoms with Gasteiger partial charge < -0.3 is 10.6 Å². The summed E-state index contributed by atoms with van der Waals surface area (Å²) in [7, 11) is 0. The molecule has 1 aromatic carbocycles. The Labute approximate surface area is 119 Å². The summed E-state index contributed by atoms with van der Waals surface area (Å²) in [5.41, 5.74) is 1.04. The van der Waals surface area contributed by atoms with Gasteiger partial charge >= 0.3 is 0 Å². The summed E-state index contributed by atoms with van der Waals surface area (Å²) < 4.78 is 12.7. The maximum atomic E-state index is 12.7. The predicted molar refractivity (Wildman–Crippen MR) is 76.0 cm³/mol. The van der Waals surface area contributed by atoms with E-state index in [2.05, 4.69) is 10.6 Å². The van der Waals surface area contributed by atoms with Crippen molar-refractivity contribution in [3.05, 3.63) is 35.6 Å². The van der Waals surface area contributed by atoms with Gasteiger partial charge in [-0.25, -0.2) is 4.39 Å². The van der Waals surface area contributed by atoms with Crippen LogP contribution in [-0.2, 0) is 11.2 Å². The van der Waals surface area contributed by atoms with Crippen LogP contribution in [-0.4, -0.2) is 25.5 Å². The van der Waals surface area contributed by atoms with E-state index in [1.165, 1.54) is 12.1 Å². The van der Waals surface area contributed by atoms with Crippen LogP contribution in [0.3, 0.4) is 0 Å². The molecular weight excluding hydrogens is 267 g/mol. The van der Waals surface area contributed by atoms with Gasteiger partial charge in [-0.05, 0) is 43.5 Å². The standard InChI is InChI=1S/C14H19FN2O.ClH/c15-13-5-3-11(4-6-13)7-9-17-14(18)12-2-1-8-16-10-12;/h3-6,12,16H,1-2,7-10H2,(H,17,18);1H/t12-;/m1./s1. The minimum absolute atomic E-state index is 0. The van der Waals surface area contributed by atoms with Gasteiger partial charge in [0.2, 0.25) is 5.91 Å². The van der Waals surface area contributed by atoms with E-state index < -0.39 is 0 Å². The molecule has 106 valence electrons. The van der Waals surface area contributed by atoms with Gasteiger partial charge in [0.15, 0.2) is 0 Å².